The Hall–Kier alpha value is -0.120. The van der Waals surface area contributed by atoms with Crippen LogP contribution in [0.4, 0.5) is 0 Å². The van der Waals surface area contributed by atoms with Crippen molar-refractivity contribution in [1.29, 1.82) is 0 Å². The van der Waals surface area contributed by atoms with E-state index in [4.69, 9.17) is 4.74 Å². The summed E-state index contributed by atoms with van der Waals surface area (Å²) in [5.41, 5.74) is 0. The van der Waals surface area contributed by atoms with E-state index in [1.54, 1.807) is 0 Å². The molecular formula is C17H32N2O. The lowest BCUT2D eigenvalue weighted by molar-refractivity contribution is 0.0114. The first-order chi connectivity index (χ1) is 9.72. The highest BCUT2D eigenvalue weighted by molar-refractivity contribution is 4.95. The Balaban J connectivity index is 1.50. The summed E-state index contributed by atoms with van der Waals surface area (Å²) < 4.78 is 5.51. The quantitative estimate of drug-likeness (QED) is 0.809. The van der Waals surface area contributed by atoms with E-state index in [0.717, 1.165) is 50.1 Å². The van der Waals surface area contributed by atoms with Gasteiger partial charge in [0.1, 0.15) is 0 Å². The molecule has 0 aromatic rings. The molecule has 0 radical (unpaired) electrons. The number of morpholine rings is 1. The standard InChI is InChI=1S/C17H32N2O/c1-13(2)9-16(19-5-7-20-8-6-19)12-18-17-11-14-3-4-15(17)10-14/h13-18H,3-12H2,1-2H3. The molecule has 0 aromatic carbocycles. The van der Waals surface area contributed by atoms with Crippen molar-refractivity contribution >= 4 is 0 Å². The van der Waals surface area contributed by atoms with Crippen LogP contribution in [0.15, 0.2) is 0 Å². The summed E-state index contributed by atoms with van der Waals surface area (Å²) in [6, 6.07) is 1.53. The third-order valence-electron chi connectivity index (χ3n) is 5.66. The maximum absolute atomic E-state index is 5.51. The first-order valence-electron chi connectivity index (χ1n) is 8.77. The molecule has 1 saturated heterocycles. The summed E-state index contributed by atoms with van der Waals surface area (Å²) in [6.45, 7) is 9.97. The second kappa shape index (κ2) is 6.76. The van der Waals surface area contributed by atoms with Crippen LogP contribution in [0, 0.1) is 17.8 Å². The largest absolute Gasteiger partial charge is 0.379 e. The fraction of sp³-hybridized carbons (Fsp3) is 1.00. The monoisotopic (exact) mass is 280 g/mol. The van der Waals surface area contributed by atoms with Crippen molar-refractivity contribution in [2.45, 2.75) is 58.0 Å². The molecule has 4 atom stereocenters. The molecule has 3 nitrogen and oxygen atoms in total. The van der Waals surface area contributed by atoms with Gasteiger partial charge in [-0.2, -0.15) is 0 Å². The minimum atomic E-state index is 0.707. The zero-order chi connectivity index (χ0) is 13.9. The van der Waals surface area contributed by atoms with Gasteiger partial charge in [-0.15, -0.1) is 0 Å². The van der Waals surface area contributed by atoms with Crippen molar-refractivity contribution in [3.8, 4) is 0 Å². The van der Waals surface area contributed by atoms with Crippen LogP contribution in [0.25, 0.3) is 0 Å². The molecule has 3 fully saturated rings. The number of fused-ring (bicyclic) bond motifs is 2. The van der Waals surface area contributed by atoms with Crippen molar-refractivity contribution in [1.82, 2.24) is 10.2 Å². The molecule has 1 aliphatic heterocycles. The van der Waals surface area contributed by atoms with Gasteiger partial charge in [-0.05, 0) is 43.4 Å². The van der Waals surface area contributed by atoms with E-state index in [1.165, 1.54) is 38.6 Å². The Labute approximate surface area is 124 Å². The first kappa shape index (κ1) is 14.8. The van der Waals surface area contributed by atoms with Crippen LogP contribution in [-0.4, -0.2) is 49.8 Å². The van der Waals surface area contributed by atoms with Crippen molar-refractivity contribution in [3.63, 3.8) is 0 Å². The van der Waals surface area contributed by atoms with E-state index >= 15 is 0 Å². The third-order valence-corrected chi connectivity index (χ3v) is 5.66. The molecular weight excluding hydrogens is 248 g/mol. The van der Waals surface area contributed by atoms with E-state index in [2.05, 4.69) is 24.1 Å². The summed E-state index contributed by atoms with van der Waals surface area (Å²) in [5.74, 6) is 2.82. The van der Waals surface area contributed by atoms with E-state index < -0.39 is 0 Å². The molecule has 2 aliphatic carbocycles. The second-order valence-corrected chi connectivity index (χ2v) is 7.62. The fourth-order valence-corrected chi connectivity index (χ4v) is 4.63. The van der Waals surface area contributed by atoms with Gasteiger partial charge in [-0.3, -0.25) is 4.90 Å². The van der Waals surface area contributed by atoms with Crippen molar-refractivity contribution in [2.24, 2.45) is 17.8 Å². The molecule has 0 amide bonds. The summed E-state index contributed by atoms with van der Waals surface area (Å²) in [5, 5.41) is 3.93. The lowest BCUT2D eigenvalue weighted by Crippen LogP contribution is -2.50. The predicted octanol–water partition coefficient (Wildman–Crippen LogP) is 2.51. The number of rotatable bonds is 6. The maximum Gasteiger partial charge on any atom is 0.0594 e. The highest BCUT2D eigenvalue weighted by atomic mass is 16.5. The Morgan fingerprint density at radius 3 is 2.55 bits per heavy atom. The number of hydrogen-bond donors (Lipinski definition) is 1. The lowest BCUT2D eigenvalue weighted by atomic mass is 9.94. The maximum atomic E-state index is 5.51. The van der Waals surface area contributed by atoms with Gasteiger partial charge < -0.3 is 10.1 Å². The van der Waals surface area contributed by atoms with Crippen molar-refractivity contribution in [2.75, 3.05) is 32.8 Å². The summed E-state index contributed by atoms with van der Waals surface area (Å²) >= 11 is 0. The Morgan fingerprint density at radius 1 is 1.15 bits per heavy atom. The van der Waals surface area contributed by atoms with Gasteiger partial charge in [0.15, 0.2) is 0 Å². The molecule has 1 heterocycles. The van der Waals surface area contributed by atoms with Crippen molar-refractivity contribution in [3.05, 3.63) is 0 Å². The fourth-order valence-electron chi connectivity index (χ4n) is 4.63. The molecule has 3 rings (SSSR count). The van der Waals surface area contributed by atoms with Gasteiger partial charge in [0.05, 0.1) is 13.2 Å². The number of hydrogen-bond acceptors (Lipinski definition) is 3. The highest BCUT2D eigenvalue weighted by Crippen LogP contribution is 2.44. The highest BCUT2D eigenvalue weighted by Gasteiger charge is 2.39. The zero-order valence-electron chi connectivity index (χ0n) is 13.3. The topological polar surface area (TPSA) is 24.5 Å². The van der Waals surface area contributed by atoms with Crippen LogP contribution >= 0.6 is 0 Å². The molecule has 3 heteroatoms. The van der Waals surface area contributed by atoms with Crippen LogP contribution in [0.2, 0.25) is 0 Å². The van der Waals surface area contributed by atoms with E-state index in [0.29, 0.717) is 6.04 Å². The molecule has 20 heavy (non-hydrogen) atoms. The average Bonchev–Trinajstić information content (AvgIpc) is 3.06. The van der Waals surface area contributed by atoms with Crippen LogP contribution in [0.1, 0.15) is 46.0 Å². The third kappa shape index (κ3) is 3.55. The van der Waals surface area contributed by atoms with Crippen LogP contribution in [0.5, 0.6) is 0 Å². The number of nitrogens with one attached hydrogen (secondary N) is 1. The van der Waals surface area contributed by atoms with Crippen molar-refractivity contribution < 1.29 is 4.74 Å². The van der Waals surface area contributed by atoms with Gasteiger partial charge in [0.25, 0.3) is 0 Å². The predicted molar refractivity (Wildman–Crippen MR) is 82.9 cm³/mol. The van der Waals surface area contributed by atoms with E-state index in [-0.39, 0.29) is 0 Å². The normalized spacial score (nSPS) is 35.9. The SMILES string of the molecule is CC(C)CC(CNC1CC2CCC1C2)N1CCOCC1. The smallest absolute Gasteiger partial charge is 0.0594 e. The minimum Gasteiger partial charge on any atom is -0.379 e. The van der Waals surface area contributed by atoms with E-state index in [1.807, 2.05) is 0 Å². The lowest BCUT2D eigenvalue weighted by Gasteiger charge is -2.37. The van der Waals surface area contributed by atoms with Crippen LogP contribution in [0.3, 0.4) is 0 Å². The Morgan fingerprint density at radius 2 is 1.95 bits per heavy atom. The summed E-state index contributed by atoms with van der Waals surface area (Å²) in [4.78, 5) is 2.66. The molecule has 0 aromatic heterocycles. The van der Waals surface area contributed by atoms with Gasteiger partial charge in [-0.1, -0.05) is 20.3 Å². The number of ether oxygens (including phenoxy) is 1. The molecule has 3 aliphatic rings. The summed E-state index contributed by atoms with van der Waals surface area (Å²) in [7, 11) is 0. The molecule has 116 valence electrons. The van der Waals surface area contributed by atoms with E-state index in [9.17, 15) is 0 Å². The first-order valence-corrected chi connectivity index (χ1v) is 8.77. The Bertz CT molecular complexity index is 301. The molecule has 2 saturated carbocycles. The number of nitrogens with zero attached hydrogens (tertiary/aromatic N) is 1. The van der Waals surface area contributed by atoms with Gasteiger partial charge in [-0.25, -0.2) is 0 Å². The Kier molecular flexibility index (Phi) is 5.00. The van der Waals surface area contributed by atoms with Gasteiger partial charge in [0.2, 0.25) is 0 Å². The summed E-state index contributed by atoms with van der Waals surface area (Å²) in [6.07, 6.45) is 7.25. The average molecular weight is 280 g/mol. The molecule has 1 N–H and O–H groups in total. The van der Waals surface area contributed by atoms with Crippen LogP contribution in [-0.2, 0) is 4.74 Å². The second-order valence-electron chi connectivity index (χ2n) is 7.62. The minimum absolute atomic E-state index is 0.707. The van der Waals surface area contributed by atoms with Gasteiger partial charge in [0, 0.05) is 31.7 Å². The molecule has 2 bridgehead atoms. The van der Waals surface area contributed by atoms with Crippen LogP contribution < -0.4 is 5.32 Å². The molecule has 0 spiro atoms. The van der Waals surface area contributed by atoms with Gasteiger partial charge >= 0.3 is 0 Å². The zero-order valence-corrected chi connectivity index (χ0v) is 13.3. The molecule has 4 unspecified atom stereocenters.